The molecule has 0 unspecified atom stereocenters. The lowest BCUT2D eigenvalue weighted by atomic mass is 10.1. The lowest BCUT2D eigenvalue weighted by Crippen LogP contribution is -1.97. The average molecular weight is 457 g/mol. The molecule has 0 radical (unpaired) electrons. The summed E-state index contributed by atoms with van der Waals surface area (Å²) in [6.07, 6.45) is 0. The molecule has 8 heteroatoms. The van der Waals surface area contributed by atoms with Gasteiger partial charge in [0.05, 0.1) is 19.9 Å². The summed E-state index contributed by atoms with van der Waals surface area (Å²) in [7, 11) is 3.24. The fraction of sp³-hybridized carbons (Fsp3) is 0.150. The van der Waals surface area contributed by atoms with Crippen molar-refractivity contribution in [3.05, 3.63) is 64.6 Å². The number of benzene rings is 2. The second-order valence-electron chi connectivity index (χ2n) is 5.96. The van der Waals surface area contributed by atoms with Crippen LogP contribution in [0.25, 0.3) is 16.9 Å². The molecule has 0 amide bonds. The van der Waals surface area contributed by atoms with Gasteiger partial charge in [0.2, 0.25) is 5.16 Å². The first-order valence-electron chi connectivity index (χ1n) is 8.50. The van der Waals surface area contributed by atoms with Gasteiger partial charge in [-0.2, -0.15) is 9.61 Å². The molecule has 4 aromatic rings. The Bertz CT molecular complexity index is 1120. The molecule has 0 fully saturated rings. The van der Waals surface area contributed by atoms with Crippen LogP contribution in [0.2, 0.25) is 0 Å². The number of fused-ring (bicyclic) bond motifs is 1. The smallest absolute Gasteiger partial charge is 0.212 e. The van der Waals surface area contributed by atoms with Crippen LogP contribution < -0.4 is 9.47 Å². The predicted molar refractivity (Wildman–Crippen MR) is 113 cm³/mol. The van der Waals surface area contributed by atoms with E-state index in [-0.39, 0.29) is 0 Å². The van der Waals surface area contributed by atoms with Crippen LogP contribution in [0.4, 0.5) is 0 Å². The van der Waals surface area contributed by atoms with E-state index in [1.54, 1.807) is 30.5 Å². The SMILES string of the molecule is COc1ccc(-c2ccc3nnc(SCc4ccc(Br)cc4)n3n2)cc1OC. The molecule has 0 aliphatic rings. The van der Waals surface area contributed by atoms with Gasteiger partial charge in [-0.25, -0.2) is 0 Å². The minimum absolute atomic E-state index is 0.662. The Hall–Kier alpha value is -2.58. The summed E-state index contributed by atoms with van der Waals surface area (Å²) < 4.78 is 13.5. The van der Waals surface area contributed by atoms with Crippen molar-refractivity contribution in [1.82, 2.24) is 19.8 Å². The van der Waals surface area contributed by atoms with E-state index in [0.717, 1.165) is 26.6 Å². The van der Waals surface area contributed by atoms with Crippen molar-refractivity contribution in [3.8, 4) is 22.8 Å². The van der Waals surface area contributed by atoms with Crippen LogP contribution in [0.1, 0.15) is 5.56 Å². The van der Waals surface area contributed by atoms with Crippen LogP contribution in [0.3, 0.4) is 0 Å². The number of rotatable bonds is 6. The van der Waals surface area contributed by atoms with Crippen molar-refractivity contribution in [2.45, 2.75) is 10.9 Å². The number of methoxy groups -OCH3 is 2. The van der Waals surface area contributed by atoms with E-state index in [9.17, 15) is 0 Å². The molecule has 28 heavy (non-hydrogen) atoms. The van der Waals surface area contributed by atoms with E-state index in [4.69, 9.17) is 14.6 Å². The zero-order valence-corrected chi connectivity index (χ0v) is 17.7. The van der Waals surface area contributed by atoms with Crippen LogP contribution in [-0.4, -0.2) is 34.0 Å². The fourth-order valence-corrected chi connectivity index (χ4v) is 3.84. The third kappa shape index (κ3) is 3.83. The van der Waals surface area contributed by atoms with Gasteiger partial charge in [-0.15, -0.1) is 10.2 Å². The lowest BCUT2D eigenvalue weighted by molar-refractivity contribution is 0.355. The third-order valence-corrected chi connectivity index (χ3v) is 5.71. The molecule has 4 rings (SSSR count). The highest BCUT2D eigenvalue weighted by molar-refractivity contribution is 9.10. The number of aromatic nitrogens is 4. The summed E-state index contributed by atoms with van der Waals surface area (Å²) >= 11 is 5.06. The second kappa shape index (κ2) is 8.20. The Morgan fingerprint density at radius 1 is 0.929 bits per heavy atom. The van der Waals surface area contributed by atoms with Crippen molar-refractivity contribution in [3.63, 3.8) is 0 Å². The molecule has 0 spiro atoms. The average Bonchev–Trinajstić information content (AvgIpc) is 3.15. The number of hydrogen-bond acceptors (Lipinski definition) is 6. The molecule has 2 aromatic heterocycles. The van der Waals surface area contributed by atoms with Crippen LogP contribution in [0, 0.1) is 0 Å². The fourth-order valence-electron chi connectivity index (χ4n) is 2.74. The van der Waals surface area contributed by atoms with Gasteiger partial charge in [0.25, 0.3) is 0 Å². The molecule has 2 aromatic carbocycles. The van der Waals surface area contributed by atoms with E-state index < -0.39 is 0 Å². The highest BCUT2D eigenvalue weighted by Gasteiger charge is 2.12. The summed E-state index contributed by atoms with van der Waals surface area (Å²) in [4.78, 5) is 0. The molecular formula is C20H17BrN4O2S. The van der Waals surface area contributed by atoms with E-state index >= 15 is 0 Å². The first-order chi connectivity index (χ1) is 13.7. The van der Waals surface area contributed by atoms with Gasteiger partial charge >= 0.3 is 0 Å². The number of nitrogens with zero attached hydrogens (tertiary/aromatic N) is 4. The summed E-state index contributed by atoms with van der Waals surface area (Å²) in [5, 5.41) is 14.0. The molecule has 0 aliphatic carbocycles. The van der Waals surface area contributed by atoms with Crippen LogP contribution in [0.15, 0.2) is 64.2 Å². The Labute approximate surface area is 175 Å². The molecule has 0 saturated carbocycles. The van der Waals surface area contributed by atoms with Crippen molar-refractivity contribution < 1.29 is 9.47 Å². The van der Waals surface area contributed by atoms with Crippen LogP contribution in [0.5, 0.6) is 11.5 Å². The molecule has 0 aliphatic heterocycles. The molecule has 6 nitrogen and oxygen atoms in total. The molecule has 0 atom stereocenters. The highest BCUT2D eigenvalue weighted by atomic mass is 79.9. The monoisotopic (exact) mass is 456 g/mol. The normalized spacial score (nSPS) is 11.0. The van der Waals surface area contributed by atoms with Crippen LogP contribution >= 0.6 is 27.7 Å². The van der Waals surface area contributed by atoms with Crippen molar-refractivity contribution in [1.29, 1.82) is 0 Å². The predicted octanol–water partition coefficient (Wildman–Crippen LogP) is 4.86. The van der Waals surface area contributed by atoms with Gasteiger partial charge in [-0.05, 0) is 48.0 Å². The summed E-state index contributed by atoms with van der Waals surface area (Å²) in [6.45, 7) is 0. The molecule has 142 valence electrons. The summed E-state index contributed by atoms with van der Waals surface area (Å²) in [5.41, 5.74) is 3.65. The molecule has 2 heterocycles. The van der Waals surface area contributed by atoms with Gasteiger partial charge in [0, 0.05) is 15.8 Å². The number of thioether (sulfide) groups is 1. The van der Waals surface area contributed by atoms with Gasteiger partial charge < -0.3 is 9.47 Å². The Balaban J connectivity index is 1.63. The zero-order chi connectivity index (χ0) is 19.5. The number of halogens is 1. The Morgan fingerprint density at radius 2 is 1.71 bits per heavy atom. The van der Waals surface area contributed by atoms with Crippen molar-refractivity contribution in [2.75, 3.05) is 14.2 Å². The highest BCUT2D eigenvalue weighted by Crippen LogP contribution is 2.32. The maximum absolute atomic E-state index is 5.40. The third-order valence-electron chi connectivity index (χ3n) is 4.19. The topological polar surface area (TPSA) is 61.5 Å². The molecule has 0 N–H and O–H groups in total. The van der Waals surface area contributed by atoms with E-state index in [1.165, 1.54) is 5.56 Å². The zero-order valence-electron chi connectivity index (χ0n) is 15.3. The number of hydrogen-bond donors (Lipinski definition) is 0. The van der Waals surface area contributed by atoms with E-state index in [2.05, 4.69) is 38.3 Å². The minimum Gasteiger partial charge on any atom is -0.493 e. The van der Waals surface area contributed by atoms with Crippen molar-refractivity contribution in [2.24, 2.45) is 0 Å². The van der Waals surface area contributed by atoms with Gasteiger partial charge in [-0.1, -0.05) is 39.8 Å². The largest absolute Gasteiger partial charge is 0.493 e. The first-order valence-corrected chi connectivity index (χ1v) is 10.3. The molecule has 0 saturated heterocycles. The standard InChI is InChI=1S/C20H17BrN4O2S/c1-26-17-9-5-14(11-18(17)27-2)16-8-10-19-22-23-20(25(19)24-16)28-12-13-3-6-15(21)7-4-13/h3-11H,12H2,1-2H3. The Morgan fingerprint density at radius 3 is 2.46 bits per heavy atom. The second-order valence-corrected chi connectivity index (χ2v) is 7.81. The van der Waals surface area contributed by atoms with E-state index in [0.29, 0.717) is 17.1 Å². The quantitative estimate of drug-likeness (QED) is 0.386. The van der Waals surface area contributed by atoms with Gasteiger partial charge in [-0.3, -0.25) is 0 Å². The van der Waals surface area contributed by atoms with E-state index in [1.807, 2.05) is 42.5 Å². The van der Waals surface area contributed by atoms with Gasteiger partial charge in [0.1, 0.15) is 0 Å². The molecule has 0 bridgehead atoms. The maximum atomic E-state index is 5.40. The van der Waals surface area contributed by atoms with Gasteiger partial charge in [0.15, 0.2) is 17.1 Å². The minimum atomic E-state index is 0.662. The van der Waals surface area contributed by atoms with Crippen molar-refractivity contribution >= 4 is 33.3 Å². The lowest BCUT2D eigenvalue weighted by Gasteiger charge is -2.09. The number of ether oxygens (including phenoxy) is 2. The maximum Gasteiger partial charge on any atom is 0.212 e. The van der Waals surface area contributed by atoms with Crippen LogP contribution in [-0.2, 0) is 5.75 Å². The first kappa shape index (κ1) is 18.8. The molecular weight excluding hydrogens is 440 g/mol. The summed E-state index contributed by atoms with van der Waals surface area (Å²) in [5.74, 6) is 2.13. The summed E-state index contributed by atoms with van der Waals surface area (Å²) in [6, 6.07) is 17.8. The Kier molecular flexibility index (Phi) is 5.50.